The van der Waals surface area contributed by atoms with Gasteiger partial charge in [0.1, 0.15) is 18.1 Å². The Morgan fingerprint density at radius 1 is 0.906 bits per heavy atom. The Balaban J connectivity index is 5.49. The van der Waals surface area contributed by atoms with Crippen molar-refractivity contribution in [3.8, 4) is 0 Å². The lowest BCUT2D eigenvalue weighted by molar-refractivity contribution is -0.143. The lowest BCUT2D eigenvalue weighted by Gasteiger charge is -2.24. The van der Waals surface area contributed by atoms with E-state index in [0.29, 0.717) is 0 Å². The van der Waals surface area contributed by atoms with Gasteiger partial charge in [0.15, 0.2) is 5.96 Å². The van der Waals surface area contributed by atoms with Crippen LogP contribution in [0.3, 0.4) is 0 Å². The largest absolute Gasteiger partial charge is 0.480 e. The lowest BCUT2D eigenvalue weighted by atomic mass is 10.1. The number of aliphatic hydroxyl groups excluding tert-OH is 1. The molecular formula is C16H30N8O7S. The maximum atomic E-state index is 12.7. The monoisotopic (exact) mass is 478 g/mol. The van der Waals surface area contributed by atoms with Gasteiger partial charge in [-0.05, 0) is 12.8 Å². The Morgan fingerprint density at radius 2 is 1.44 bits per heavy atom. The van der Waals surface area contributed by atoms with Gasteiger partial charge in [-0.1, -0.05) is 0 Å². The number of aliphatic carboxylic acids is 1. The zero-order valence-electron chi connectivity index (χ0n) is 17.2. The van der Waals surface area contributed by atoms with Crippen molar-refractivity contribution in [2.45, 2.75) is 43.4 Å². The Hall–Kier alpha value is -3.11. The molecule has 16 heteroatoms. The first-order valence-corrected chi connectivity index (χ1v) is 10.0. The number of carbonyl (C=O) groups is 5. The molecule has 0 aromatic carbocycles. The molecule has 0 bridgehead atoms. The summed E-state index contributed by atoms with van der Waals surface area (Å²) >= 11 is 3.87. The van der Waals surface area contributed by atoms with Crippen LogP contribution in [0.2, 0.25) is 0 Å². The first-order chi connectivity index (χ1) is 14.9. The molecule has 0 saturated carbocycles. The summed E-state index contributed by atoms with van der Waals surface area (Å²) in [7, 11) is 0. The molecular weight excluding hydrogens is 448 g/mol. The Labute approximate surface area is 189 Å². The third-order valence-electron chi connectivity index (χ3n) is 3.95. The van der Waals surface area contributed by atoms with Crippen LogP contribution in [0.5, 0.6) is 0 Å². The summed E-state index contributed by atoms with van der Waals surface area (Å²) in [6, 6.07) is -5.45. The SMILES string of the molecule is NC(=O)CC(NC(=O)C(N)CS)C(=O)NC(CCCN=C(N)N)C(=O)NC(CO)C(=O)O. The number of primary amides is 1. The van der Waals surface area contributed by atoms with Crippen molar-refractivity contribution >= 4 is 48.2 Å². The summed E-state index contributed by atoms with van der Waals surface area (Å²) in [6.07, 6.45) is -0.433. The van der Waals surface area contributed by atoms with E-state index in [1.165, 1.54) is 0 Å². The minimum absolute atomic E-state index is 0.0374. The van der Waals surface area contributed by atoms with Crippen LogP contribution in [0.15, 0.2) is 4.99 Å². The number of rotatable bonds is 15. The second-order valence-corrected chi connectivity index (χ2v) is 6.98. The molecule has 13 N–H and O–H groups in total. The summed E-state index contributed by atoms with van der Waals surface area (Å²) in [6.45, 7) is -0.791. The van der Waals surface area contributed by atoms with Crippen LogP contribution in [0.1, 0.15) is 19.3 Å². The second kappa shape index (κ2) is 14.8. The van der Waals surface area contributed by atoms with Gasteiger partial charge in [0.25, 0.3) is 0 Å². The molecule has 182 valence electrons. The van der Waals surface area contributed by atoms with E-state index in [4.69, 9.17) is 33.1 Å². The fourth-order valence-electron chi connectivity index (χ4n) is 2.27. The molecule has 0 aliphatic heterocycles. The van der Waals surface area contributed by atoms with Crippen LogP contribution in [-0.4, -0.2) is 88.8 Å². The number of amides is 4. The molecule has 0 heterocycles. The molecule has 0 aromatic heterocycles. The average Bonchev–Trinajstić information content (AvgIpc) is 2.71. The Bertz CT molecular complexity index is 717. The number of guanidine groups is 1. The zero-order chi connectivity index (χ0) is 24.8. The lowest BCUT2D eigenvalue weighted by Crippen LogP contribution is -2.58. The number of carboxylic acids is 1. The molecule has 0 radical (unpaired) electrons. The topological polar surface area (TPSA) is 278 Å². The number of nitrogens with one attached hydrogen (secondary N) is 3. The van der Waals surface area contributed by atoms with Crippen LogP contribution in [0.4, 0.5) is 0 Å². The van der Waals surface area contributed by atoms with Gasteiger partial charge in [0.2, 0.25) is 23.6 Å². The van der Waals surface area contributed by atoms with Gasteiger partial charge >= 0.3 is 5.97 Å². The van der Waals surface area contributed by atoms with E-state index in [2.05, 4.69) is 33.6 Å². The average molecular weight is 479 g/mol. The van der Waals surface area contributed by atoms with E-state index in [9.17, 15) is 24.0 Å². The van der Waals surface area contributed by atoms with Gasteiger partial charge < -0.3 is 49.1 Å². The number of thiol groups is 1. The number of nitrogens with zero attached hydrogens (tertiary/aromatic N) is 1. The van der Waals surface area contributed by atoms with Crippen LogP contribution in [0, 0.1) is 0 Å². The summed E-state index contributed by atoms with van der Waals surface area (Å²) in [5.74, 6) is -5.28. The zero-order valence-corrected chi connectivity index (χ0v) is 18.1. The molecule has 0 spiro atoms. The fourth-order valence-corrected chi connectivity index (χ4v) is 2.44. The van der Waals surface area contributed by atoms with Gasteiger partial charge in [-0.3, -0.25) is 24.2 Å². The molecule has 32 heavy (non-hydrogen) atoms. The highest BCUT2D eigenvalue weighted by Crippen LogP contribution is 2.03. The van der Waals surface area contributed by atoms with E-state index in [1.54, 1.807) is 0 Å². The van der Waals surface area contributed by atoms with Crippen molar-refractivity contribution < 1.29 is 34.2 Å². The van der Waals surface area contributed by atoms with Crippen molar-refractivity contribution in [1.82, 2.24) is 16.0 Å². The van der Waals surface area contributed by atoms with E-state index in [1.807, 2.05) is 0 Å². The van der Waals surface area contributed by atoms with Crippen LogP contribution >= 0.6 is 12.6 Å². The Morgan fingerprint density at radius 3 is 1.91 bits per heavy atom. The first-order valence-electron chi connectivity index (χ1n) is 9.37. The molecule has 4 atom stereocenters. The summed E-state index contributed by atoms with van der Waals surface area (Å²) in [5.41, 5.74) is 21.1. The summed E-state index contributed by atoms with van der Waals surface area (Å²) in [4.78, 5) is 63.3. The van der Waals surface area contributed by atoms with Crippen LogP contribution < -0.4 is 38.9 Å². The third-order valence-corrected chi connectivity index (χ3v) is 4.34. The number of hydrogen-bond acceptors (Lipinski definition) is 9. The van der Waals surface area contributed by atoms with Gasteiger partial charge in [0.05, 0.1) is 19.1 Å². The van der Waals surface area contributed by atoms with Crippen molar-refractivity contribution in [3.05, 3.63) is 0 Å². The number of hydrogen-bond donors (Lipinski definition) is 10. The second-order valence-electron chi connectivity index (χ2n) is 6.61. The Kier molecular flexibility index (Phi) is 13.4. The van der Waals surface area contributed by atoms with Crippen molar-refractivity contribution in [3.63, 3.8) is 0 Å². The van der Waals surface area contributed by atoms with Gasteiger partial charge in [-0.25, -0.2) is 4.79 Å². The summed E-state index contributed by atoms with van der Waals surface area (Å²) in [5, 5.41) is 24.7. The number of nitrogens with two attached hydrogens (primary N) is 4. The van der Waals surface area contributed by atoms with Gasteiger partial charge in [-0.15, -0.1) is 0 Å². The van der Waals surface area contributed by atoms with Crippen molar-refractivity contribution in [2.24, 2.45) is 27.9 Å². The predicted octanol–water partition coefficient (Wildman–Crippen LogP) is -5.30. The van der Waals surface area contributed by atoms with E-state index in [0.717, 1.165) is 0 Å². The first kappa shape index (κ1) is 28.9. The van der Waals surface area contributed by atoms with E-state index >= 15 is 0 Å². The highest BCUT2D eigenvalue weighted by molar-refractivity contribution is 7.80. The maximum Gasteiger partial charge on any atom is 0.328 e. The molecule has 0 fully saturated rings. The number of aliphatic hydroxyl groups is 1. The van der Waals surface area contributed by atoms with Crippen molar-refractivity contribution in [1.29, 1.82) is 0 Å². The quantitative estimate of drug-likeness (QED) is 0.0461. The molecule has 0 rings (SSSR count). The van der Waals surface area contributed by atoms with Crippen LogP contribution in [0.25, 0.3) is 0 Å². The minimum atomic E-state index is -1.62. The smallest absolute Gasteiger partial charge is 0.328 e. The van der Waals surface area contributed by atoms with E-state index < -0.39 is 66.8 Å². The standard InChI is InChI=1S/C16H30N8O7S/c17-7(6-32)12(27)23-9(4-11(18)26)14(29)22-8(2-1-3-21-16(19)20)13(28)24-10(5-25)15(30)31/h7-10,25,32H,1-6,17H2,(H2,18,26)(H,22,29)(H,23,27)(H,24,28)(H,30,31)(H4,19,20,21). The maximum absolute atomic E-state index is 12.7. The van der Waals surface area contributed by atoms with E-state index in [-0.39, 0.29) is 31.1 Å². The molecule has 15 nitrogen and oxygen atoms in total. The number of carboxylic acid groups (broad SMARTS) is 1. The van der Waals surface area contributed by atoms with Gasteiger partial charge in [-0.2, -0.15) is 12.6 Å². The number of carbonyl (C=O) groups excluding carboxylic acids is 4. The minimum Gasteiger partial charge on any atom is -0.480 e. The molecule has 0 aromatic rings. The molecule has 0 saturated heterocycles. The third kappa shape index (κ3) is 11.3. The molecule has 4 unspecified atom stereocenters. The fraction of sp³-hybridized carbons (Fsp3) is 0.625. The molecule has 0 aliphatic rings. The normalized spacial score (nSPS) is 14.2. The summed E-state index contributed by atoms with van der Waals surface area (Å²) < 4.78 is 0. The molecule has 4 amide bonds. The number of aliphatic imine (C=N–C) groups is 1. The molecule has 0 aliphatic carbocycles. The highest BCUT2D eigenvalue weighted by Gasteiger charge is 2.30. The predicted molar refractivity (Wildman–Crippen MR) is 116 cm³/mol. The van der Waals surface area contributed by atoms with Gasteiger partial charge in [0, 0.05) is 12.3 Å². The highest BCUT2D eigenvalue weighted by atomic mass is 32.1. The van der Waals surface area contributed by atoms with Crippen LogP contribution in [-0.2, 0) is 24.0 Å². The van der Waals surface area contributed by atoms with Crippen molar-refractivity contribution in [2.75, 3.05) is 18.9 Å².